The summed E-state index contributed by atoms with van der Waals surface area (Å²) in [5.41, 5.74) is 22.5. The summed E-state index contributed by atoms with van der Waals surface area (Å²) in [4.78, 5) is 5.49. The lowest BCUT2D eigenvalue weighted by atomic mass is 9.63. The Hall–Kier alpha value is -6.20. The molecule has 312 valence electrons. The summed E-state index contributed by atoms with van der Waals surface area (Å²) >= 11 is 0. The first-order chi connectivity index (χ1) is 31.3. The number of hydrogen-bond acceptors (Lipinski definition) is 2. The van der Waals surface area contributed by atoms with Gasteiger partial charge in [0.05, 0.1) is 17.1 Å². The third kappa shape index (κ3) is 3.74. The minimum atomic E-state index is -0.669. The SMILES string of the molecule is CC1(C)c2ccccc2N2c3ccc4c5ccccc5n5c4c3C34c6c2c1cc1c6N(c2ccccc2C1(C)C)c1cc(C2CCCCC2)cc([n+]13)-c1cc(C2CCCCC2)cc-5[n+]14. The summed E-state index contributed by atoms with van der Waals surface area (Å²) < 4.78 is 8.51. The molecule has 1 unspecified atom stereocenters. The number of fused-ring (bicyclic) bond motifs is 11. The molecule has 8 aromatic rings. The van der Waals surface area contributed by atoms with Gasteiger partial charge in [-0.1, -0.05) is 115 Å². The van der Waals surface area contributed by atoms with E-state index in [1.807, 2.05) is 0 Å². The molecule has 0 bridgehead atoms. The Morgan fingerprint density at radius 3 is 1.67 bits per heavy atom. The predicted octanol–water partition coefficient (Wildman–Crippen LogP) is 13.9. The number of pyridine rings is 2. The first-order valence-electron chi connectivity index (χ1n) is 24.6. The molecular formula is C59H53N5+2. The van der Waals surface area contributed by atoms with E-state index in [-0.39, 0.29) is 10.8 Å². The van der Waals surface area contributed by atoms with Gasteiger partial charge < -0.3 is 4.90 Å². The molecule has 5 aromatic carbocycles. The Morgan fingerprint density at radius 1 is 0.469 bits per heavy atom. The van der Waals surface area contributed by atoms with Crippen LogP contribution in [0.4, 0.5) is 34.3 Å². The van der Waals surface area contributed by atoms with Gasteiger partial charge >= 0.3 is 5.66 Å². The van der Waals surface area contributed by atoms with Gasteiger partial charge in [0.15, 0.2) is 22.6 Å². The van der Waals surface area contributed by atoms with Crippen LogP contribution in [0.25, 0.3) is 39.0 Å². The maximum atomic E-state index is 2.90. The van der Waals surface area contributed by atoms with E-state index in [0.717, 1.165) is 0 Å². The summed E-state index contributed by atoms with van der Waals surface area (Å²) in [7, 11) is 0. The van der Waals surface area contributed by atoms with Gasteiger partial charge in [-0.05, 0) is 114 Å². The van der Waals surface area contributed by atoms with E-state index in [1.165, 1.54) is 182 Å². The lowest BCUT2D eigenvalue weighted by molar-refractivity contribution is -0.931. The van der Waals surface area contributed by atoms with Gasteiger partial charge in [-0.25, -0.2) is 0 Å². The number of rotatable bonds is 2. The van der Waals surface area contributed by atoms with E-state index < -0.39 is 5.66 Å². The molecule has 5 nitrogen and oxygen atoms in total. The highest BCUT2D eigenvalue weighted by Crippen LogP contribution is 2.69. The lowest BCUT2D eigenvalue weighted by Crippen LogP contribution is -2.77. The Bertz CT molecular complexity index is 3500. The average Bonchev–Trinajstić information content (AvgIpc) is 3.83. The maximum Gasteiger partial charge on any atom is 0.319 e. The third-order valence-corrected chi connectivity index (χ3v) is 18.1. The fourth-order valence-corrected chi connectivity index (χ4v) is 15.2. The zero-order valence-corrected chi connectivity index (χ0v) is 37.4. The van der Waals surface area contributed by atoms with Crippen molar-refractivity contribution in [3.05, 3.63) is 160 Å². The summed E-state index contributed by atoms with van der Waals surface area (Å²) in [5, 5.41) is 2.68. The Balaban J connectivity index is 1.18. The topological polar surface area (TPSA) is 19.2 Å². The molecule has 0 N–H and O–H groups in total. The average molecular weight is 832 g/mol. The smallest absolute Gasteiger partial charge is 0.308 e. The highest BCUT2D eigenvalue weighted by molar-refractivity contribution is 6.14. The molecule has 9 heterocycles. The molecule has 1 spiro atoms. The van der Waals surface area contributed by atoms with Crippen LogP contribution < -0.4 is 18.9 Å². The zero-order valence-electron chi connectivity index (χ0n) is 37.4. The van der Waals surface area contributed by atoms with Crippen molar-refractivity contribution in [2.24, 2.45) is 0 Å². The van der Waals surface area contributed by atoms with Crippen molar-refractivity contribution in [2.45, 2.75) is 120 Å². The highest BCUT2D eigenvalue weighted by Gasteiger charge is 2.72. The molecule has 2 fully saturated rings. The molecule has 1 atom stereocenters. The van der Waals surface area contributed by atoms with Crippen LogP contribution in [-0.4, -0.2) is 4.57 Å². The van der Waals surface area contributed by atoms with E-state index in [4.69, 9.17) is 0 Å². The summed E-state index contributed by atoms with van der Waals surface area (Å²) in [5.74, 6) is 3.76. The summed E-state index contributed by atoms with van der Waals surface area (Å²) in [6, 6.07) is 46.4. The van der Waals surface area contributed by atoms with Gasteiger partial charge in [0.2, 0.25) is 0 Å². The molecule has 0 saturated heterocycles. The number of nitrogens with zero attached hydrogens (tertiary/aromatic N) is 5. The molecule has 5 heteroatoms. The second-order valence-electron chi connectivity index (χ2n) is 21.8. The van der Waals surface area contributed by atoms with Gasteiger partial charge in [-0.3, -0.25) is 0 Å². The van der Waals surface area contributed by atoms with Gasteiger partial charge in [-0.2, -0.15) is 18.6 Å². The van der Waals surface area contributed by atoms with Crippen LogP contribution in [-0.2, 0) is 16.5 Å². The normalized spacial score (nSPS) is 21.9. The molecule has 2 saturated carbocycles. The van der Waals surface area contributed by atoms with Gasteiger partial charge in [-0.15, -0.1) is 0 Å². The molecule has 8 aliphatic rings. The molecule has 6 aliphatic heterocycles. The molecule has 0 amide bonds. The van der Waals surface area contributed by atoms with Crippen LogP contribution >= 0.6 is 0 Å². The molecular weight excluding hydrogens is 779 g/mol. The van der Waals surface area contributed by atoms with E-state index in [0.29, 0.717) is 11.8 Å². The summed E-state index contributed by atoms with van der Waals surface area (Å²) in [6.07, 6.45) is 13.0. The highest BCUT2D eigenvalue weighted by atomic mass is 15.5. The fourth-order valence-electron chi connectivity index (χ4n) is 15.2. The largest absolute Gasteiger partial charge is 0.319 e. The quantitative estimate of drug-likeness (QED) is 0.162. The van der Waals surface area contributed by atoms with Crippen LogP contribution in [0.15, 0.2) is 115 Å². The monoisotopic (exact) mass is 831 g/mol. The first kappa shape index (κ1) is 35.2. The number of benzene rings is 5. The Labute approximate surface area is 375 Å². The molecule has 0 radical (unpaired) electrons. The minimum absolute atomic E-state index is 0.244. The second kappa shape index (κ2) is 11.4. The van der Waals surface area contributed by atoms with E-state index in [9.17, 15) is 0 Å². The van der Waals surface area contributed by atoms with Crippen LogP contribution in [0.2, 0.25) is 0 Å². The van der Waals surface area contributed by atoms with Crippen molar-refractivity contribution >= 4 is 56.1 Å². The van der Waals surface area contributed by atoms with Gasteiger partial charge in [0, 0.05) is 44.9 Å². The number of para-hydroxylation sites is 3. The van der Waals surface area contributed by atoms with Crippen molar-refractivity contribution in [3.8, 4) is 17.2 Å². The number of anilines is 6. The number of hydrogen-bond donors (Lipinski definition) is 0. The van der Waals surface area contributed by atoms with Crippen molar-refractivity contribution in [2.75, 3.05) is 9.80 Å². The third-order valence-electron chi connectivity index (χ3n) is 18.1. The van der Waals surface area contributed by atoms with E-state index in [1.54, 1.807) is 0 Å². The molecule has 2 aliphatic carbocycles. The maximum absolute atomic E-state index is 2.90. The lowest BCUT2D eigenvalue weighted by Gasteiger charge is -2.53. The molecule has 16 rings (SSSR count). The van der Waals surface area contributed by atoms with Crippen molar-refractivity contribution in [3.63, 3.8) is 0 Å². The minimum Gasteiger partial charge on any atom is -0.308 e. The Morgan fingerprint density at radius 2 is 1.02 bits per heavy atom. The fraction of sp³-hybridized carbons (Fsp3) is 0.322. The van der Waals surface area contributed by atoms with E-state index in [2.05, 4.69) is 166 Å². The Kier molecular flexibility index (Phi) is 6.24. The van der Waals surface area contributed by atoms with E-state index >= 15 is 0 Å². The summed E-state index contributed by atoms with van der Waals surface area (Å²) in [6.45, 7) is 10.00. The van der Waals surface area contributed by atoms with Crippen molar-refractivity contribution in [1.82, 2.24) is 4.57 Å². The van der Waals surface area contributed by atoms with Crippen LogP contribution in [0, 0.1) is 0 Å². The van der Waals surface area contributed by atoms with Crippen molar-refractivity contribution < 1.29 is 9.13 Å². The van der Waals surface area contributed by atoms with Crippen LogP contribution in [0.5, 0.6) is 0 Å². The molecule has 3 aromatic heterocycles. The predicted molar refractivity (Wildman–Crippen MR) is 257 cm³/mol. The van der Waals surface area contributed by atoms with Crippen molar-refractivity contribution in [1.29, 1.82) is 0 Å². The standard InChI is InChI=1S/C59H53N5/c1-57(2)40-22-12-15-25-45(40)60-47-28-27-39-38-21-11-14-24-44(38)61-50-31-36(34-17-7-5-8-18-34)29-48-49-30-37(35-19-9-6-10-20-35)32-51-62-46-26-16-13-23-41(46)58(3,4)43-33-42(57)55(60)53(56(43)62)59(63(48)50,64(49)51)52(47)54(39)61/h11-16,21-35H,5-10,17-20H2,1-4H3/q+2. The van der Waals surface area contributed by atoms with Gasteiger partial charge in [0.25, 0.3) is 11.6 Å². The first-order valence-corrected chi connectivity index (χ1v) is 24.6. The molecule has 64 heavy (non-hydrogen) atoms. The number of aromatic nitrogens is 3. The van der Waals surface area contributed by atoms with Gasteiger partial charge in [0.1, 0.15) is 22.3 Å². The van der Waals surface area contributed by atoms with Crippen LogP contribution in [0.3, 0.4) is 0 Å². The second-order valence-corrected chi connectivity index (χ2v) is 21.8. The zero-order chi connectivity index (χ0) is 42.2. The van der Waals surface area contributed by atoms with Crippen LogP contribution in [0.1, 0.15) is 148 Å².